The van der Waals surface area contributed by atoms with Crippen LogP contribution < -0.4 is 5.32 Å². The zero-order chi connectivity index (χ0) is 8.81. The van der Waals surface area contributed by atoms with E-state index in [0.717, 1.165) is 0 Å². The van der Waals surface area contributed by atoms with Crippen molar-refractivity contribution in [1.82, 2.24) is 15.5 Å². The van der Waals surface area contributed by atoms with Crippen molar-refractivity contribution in [2.24, 2.45) is 0 Å². The summed E-state index contributed by atoms with van der Waals surface area (Å²) in [5.74, 6) is 1.17. The predicted molar refractivity (Wildman–Crippen MR) is 41.3 cm³/mol. The first kappa shape index (κ1) is 9.12. The molecule has 0 aromatic carbocycles. The monoisotopic (exact) mass is 173 g/mol. The van der Waals surface area contributed by atoms with Crippen molar-refractivity contribution in [2.45, 2.75) is 19.9 Å². The maximum Gasteiger partial charge on any atom is 0.223 e. The van der Waals surface area contributed by atoms with Gasteiger partial charge in [-0.15, -0.1) is 0 Å². The molecule has 0 unspecified atom stereocenters. The van der Waals surface area contributed by atoms with Crippen LogP contribution in [0.4, 0.5) is 4.39 Å². The molecule has 4 nitrogen and oxygen atoms in total. The Labute approximate surface area is 70.2 Å². The Morgan fingerprint density at radius 1 is 1.58 bits per heavy atom. The van der Waals surface area contributed by atoms with E-state index in [2.05, 4.69) is 15.5 Å². The quantitative estimate of drug-likeness (QED) is 0.670. The van der Waals surface area contributed by atoms with Crippen LogP contribution in [0.1, 0.15) is 18.1 Å². The van der Waals surface area contributed by atoms with Crippen LogP contribution in [0.25, 0.3) is 0 Å². The minimum atomic E-state index is -0.293. The summed E-state index contributed by atoms with van der Waals surface area (Å²) in [5.41, 5.74) is 0. The Bertz CT molecular complexity index is 226. The average Bonchev–Trinajstić information content (AvgIpc) is 2.45. The molecule has 0 fully saturated rings. The second-order valence-electron chi connectivity index (χ2n) is 2.45. The first-order valence-corrected chi connectivity index (χ1v) is 3.89. The van der Waals surface area contributed by atoms with E-state index in [1.807, 2.05) is 0 Å². The predicted octanol–water partition coefficient (Wildman–Crippen LogP) is 0.827. The molecule has 0 radical (unpaired) electrons. The van der Waals surface area contributed by atoms with Gasteiger partial charge in [-0.05, 0) is 13.0 Å². The topological polar surface area (TPSA) is 51.0 Å². The van der Waals surface area contributed by atoms with Crippen molar-refractivity contribution in [2.75, 3.05) is 13.2 Å². The van der Waals surface area contributed by atoms with Crippen LogP contribution in [0, 0.1) is 6.92 Å². The number of rotatable bonds is 5. The minimum absolute atomic E-state index is 0.293. The number of aryl methyl sites for hydroxylation is 1. The van der Waals surface area contributed by atoms with Gasteiger partial charge in [0.05, 0.1) is 13.2 Å². The van der Waals surface area contributed by atoms with E-state index in [1.165, 1.54) is 0 Å². The maximum atomic E-state index is 11.6. The summed E-state index contributed by atoms with van der Waals surface area (Å²) in [4.78, 5) is 3.97. The van der Waals surface area contributed by atoms with Gasteiger partial charge in [0.2, 0.25) is 5.89 Å². The lowest BCUT2D eigenvalue weighted by molar-refractivity contribution is 0.384. The van der Waals surface area contributed by atoms with Crippen molar-refractivity contribution in [1.29, 1.82) is 0 Å². The summed E-state index contributed by atoms with van der Waals surface area (Å²) in [6.45, 7) is 2.62. The van der Waals surface area contributed by atoms with Crippen molar-refractivity contribution < 1.29 is 8.91 Å². The number of hydrogen-bond donors (Lipinski definition) is 1. The number of hydrogen-bond acceptors (Lipinski definition) is 4. The zero-order valence-corrected chi connectivity index (χ0v) is 7.01. The highest BCUT2D eigenvalue weighted by Crippen LogP contribution is 1.93. The van der Waals surface area contributed by atoms with Crippen molar-refractivity contribution >= 4 is 0 Å². The van der Waals surface area contributed by atoms with Crippen LogP contribution >= 0.6 is 0 Å². The molecule has 1 rings (SSSR count). The van der Waals surface area contributed by atoms with E-state index in [9.17, 15) is 4.39 Å². The highest BCUT2D eigenvalue weighted by molar-refractivity contribution is 4.82. The second-order valence-corrected chi connectivity index (χ2v) is 2.45. The van der Waals surface area contributed by atoms with E-state index < -0.39 is 0 Å². The standard InChI is InChI=1S/C7H12FN3O/c1-6-10-7(11-12-6)5-9-4-2-3-8/h9H,2-5H2,1H3. The van der Waals surface area contributed by atoms with Crippen LogP contribution in [0.15, 0.2) is 4.52 Å². The summed E-state index contributed by atoms with van der Waals surface area (Å²) in [5, 5.41) is 6.66. The van der Waals surface area contributed by atoms with Gasteiger partial charge in [-0.25, -0.2) is 0 Å². The molecular weight excluding hydrogens is 161 g/mol. The zero-order valence-electron chi connectivity index (χ0n) is 7.01. The van der Waals surface area contributed by atoms with Crippen LogP contribution in [0.5, 0.6) is 0 Å². The Balaban J connectivity index is 2.15. The molecule has 0 saturated heterocycles. The molecule has 0 spiro atoms. The fourth-order valence-electron chi connectivity index (χ4n) is 0.805. The third-order valence-electron chi connectivity index (χ3n) is 1.34. The van der Waals surface area contributed by atoms with Gasteiger partial charge < -0.3 is 9.84 Å². The van der Waals surface area contributed by atoms with Gasteiger partial charge in [0, 0.05) is 6.92 Å². The highest BCUT2D eigenvalue weighted by Gasteiger charge is 1.99. The molecule has 1 aromatic heterocycles. The molecule has 1 N–H and O–H groups in total. The molecule has 0 aliphatic heterocycles. The number of halogens is 1. The van der Waals surface area contributed by atoms with Gasteiger partial charge in [-0.3, -0.25) is 4.39 Å². The maximum absolute atomic E-state index is 11.6. The first-order chi connectivity index (χ1) is 5.83. The van der Waals surface area contributed by atoms with Crippen LogP contribution in [-0.4, -0.2) is 23.4 Å². The fourth-order valence-corrected chi connectivity index (χ4v) is 0.805. The molecule has 0 atom stereocenters. The Morgan fingerprint density at radius 3 is 3.00 bits per heavy atom. The molecule has 1 aromatic rings. The van der Waals surface area contributed by atoms with Crippen molar-refractivity contribution in [3.05, 3.63) is 11.7 Å². The molecule has 0 bridgehead atoms. The van der Waals surface area contributed by atoms with Gasteiger partial charge in [0.25, 0.3) is 0 Å². The Kier molecular flexibility index (Phi) is 3.66. The SMILES string of the molecule is Cc1nc(CNCCCF)no1. The lowest BCUT2D eigenvalue weighted by Gasteiger charge is -1.96. The largest absolute Gasteiger partial charge is 0.340 e. The summed E-state index contributed by atoms with van der Waals surface area (Å²) in [6.07, 6.45) is 0.525. The molecule has 12 heavy (non-hydrogen) atoms. The third kappa shape index (κ3) is 2.96. The number of alkyl halides is 1. The van der Waals surface area contributed by atoms with Crippen LogP contribution in [0.2, 0.25) is 0 Å². The lowest BCUT2D eigenvalue weighted by atomic mass is 10.4. The normalized spacial score (nSPS) is 10.5. The van der Waals surface area contributed by atoms with Gasteiger partial charge in [0.15, 0.2) is 5.82 Å². The summed E-state index contributed by atoms with van der Waals surface area (Å²) in [7, 11) is 0. The lowest BCUT2D eigenvalue weighted by Crippen LogP contribution is -2.15. The van der Waals surface area contributed by atoms with Crippen molar-refractivity contribution in [3.63, 3.8) is 0 Å². The second kappa shape index (κ2) is 4.82. The summed E-state index contributed by atoms with van der Waals surface area (Å²) in [6, 6.07) is 0. The van der Waals surface area contributed by atoms with Gasteiger partial charge in [-0.1, -0.05) is 5.16 Å². The van der Waals surface area contributed by atoms with Gasteiger partial charge in [0.1, 0.15) is 0 Å². The highest BCUT2D eigenvalue weighted by atomic mass is 19.1. The molecule has 0 aliphatic carbocycles. The molecule has 5 heteroatoms. The minimum Gasteiger partial charge on any atom is -0.340 e. The number of nitrogens with zero attached hydrogens (tertiary/aromatic N) is 2. The Hall–Kier alpha value is -0.970. The van der Waals surface area contributed by atoms with E-state index in [0.29, 0.717) is 31.2 Å². The summed E-state index contributed by atoms with van der Waals surface area (Å²) >= 11 is 0. The van der Waals surface area contributed by atoms with E-state index in [4.69, 9.17) is 4.52 Å². The molecular formula is C7H12FN3O. The number of aromatic nitrogens is 2. The number of nitrogens with one attached hydrogen (secondary N) is 1. The molecule has 1 heterocycles. The average molecular weight is 173 g/mol. The molecule has 0 amide bonds. The fraction of sp³-hybridized carbons (Fsp3) is 0.714. The molecule has 0 aliphatic rings. The van der Waals surface area contributed by atoms with Crippen molar-refractivity contribution in [3.8, 4) is 0 Å². The third-order valence-corrected chi connectivity index (χ3v) is 1.34. The molecule has 0 saturated carbocycles. The molecule has 68 valence electrons. The smallest absolute Gasteiger partial charge is 0.223 e. The Morgan fingerprint density at radius 2 is 2.42 bits per heavy atom. The van der Waals surface area contributed by atoms with Crippen LogP contribution in [0.3, 0.4) is 0 Å². The first-order valence-electron chi connectivity index (χ1n) is 3.89. The van der Waals surface area contributed by atoms with E-state index in [1.54, 1.807) is 6.92 Å². The van der Waals surface area contributed by atoms with E-state index in [-0.39, 0.29) is 6.67 Å². The summed E-state index contributed by atoms with van der Waals surface area (Å²) < 4.78 is 16.4. The van der Waals surface area contributed by atoms with Gasteiger partial charge >= 0.3 is 0 Å². The van der Waals surface area contributed by atoms with Crippen LogP contribution in [-0.2, 0) is 6.54 Å². The van der Waals surface area contributed by atoms with Gasteiger partial charge in [-0.2, -0.15) is 4.98 Å². The van der Waals surface area contributed by atoms with E-state index >= 15 is 0 Å².